The Bertz CT molecular complexity index is 1760. The second-order valence-electron chi connectivity index (χ2n) is 14.9. The summed E-state index contributed by atoms with van der Waals surface area (Å²) in [5.41, 5.74) is 12.2. The first-order valence-corrected chi connectivity index (χ1v) is 17.2. The van der Waals surface area contributed by atoms with Gasteiger partial charge in [-0.25, -0.2) is 4.39 Å². The monoisotopic (exact) mass is 642 g/mol. The quantitative estimate of drug-likeness (QED) is 0.415. The van der Waals surface area contributed by atoms with Gasteiger partial charge in [0.1, 0.15) is 24.2 Å². The number of alkyl halides is 1. The van der Waals surface area contributed by atoms with Crippen LogP contribution < -0.4 is 15.4 Å². The number of aromatic nitrogens is 4. The van der Waals surface area contributed by atoms with Gasteiger partial charge in [-0.15, -0.1) is 0 Å². The van der Waals surface area contributed by atoms with Gasteiger partial charge in [-0.05, 0) is 79.8 Å². The van der Waals surface area contributed by atoms with E-state index >= 15 is 0 Å². The molecule has 2 saturated heterocycles. The van der Waals surface area contributed by atoms with Crippen molar-refractivity contribution in [3.8, 4) is 6.01 Å². The largest absolute Gasteiger partial charge is 0.461 e. The fourth-order valence-electron chi connectivity index (χ4n) is 9.44. The summed E-state index contributed by atoms with van der Waals surface area (Å²) in [4.78, 5) is 29.0. The second-order valence-corrected chi connectivity index (χ2v) is 14.9. The number of hydrogen-bond acceptors (Lipinski definition) is 9. The molecular formula is C35H43FN8O3. The summed E-state index contributed by atoms with van der Waals surface area (Å²) in [6.45, 7) is 4.18. The molecule has 2 bridgehead atoms. The molecule has 3 aliphatic carbocycles. The third-order valence-electron chi connectivity index (χ3n) is 11.9. The molecule has 1 amide bonds. The Kier molecular flexibility index (Phi) is 6.64. The van der Waals surface area contributed by atoms with Crippen molar-refractivity contribution in [2.24, 2.45) is 5.92 Å². The number of hydrogen-bond donors (Lipinski definition) is 1. The molecule has 4 aliphatic heterocycles. The fraction of sp³-hybridized carbons (Fsp3) is 0.600. The SMILES string of the molecule is CN(C)C(=O)c1cc2n(n1)CCCN(c1nc(OC[C@@]34CCCN3C[C@H](F)C4)nc3c1COC1(C3)c3cc(N)ccc3C3CC1C3)C2. The van der Waals surface area contributed by atoms with Crippen LogP contribution in [0.15, 0.2) is 24.3 Å². The van der Waals surface area contributed by atoms with Crippen LogP contribution in [0.2, 0.25) is 0 Å². The van der Waals surface area contributed by atoms with Crippen molar-refractivity contribution in [2.75, 3.05) is 51.0 Å². The number of carbonyl (C=O) groups excluding carboxylic acids is 1. The topological polar surface area (TPSA) is 115 Å². The van der Waals surface area contributed by atoms with E-state index in [0.717, 1.165) is 73.7 Å². The Balaban J connectivity index is 1.09. The molecule has 1 spiro atoms. The zero-order chi connectivity index (χ0) is 32.1. The number of rotatable bonds is 5. The number of benzene rings is 1. The number of halogens is 1. The summed E-state index contributed by atoms with van der Waals surface area (Å²) in [5.74, 6) is 1.67. The Hall–Kier alpha value is -3.77. The van der Waals surface area contributed by atoms with Gasteiger partial charge in [-0.1, -0.05) is 6.07 Å². The van der Waals surface area contributed by atoms with Crippen molar-refractivity contribution >= 4 is 17.4 Å². The lowest BCUT2D eigenvalue weighted by atomic mass is 9.53. The number of carbonyl (C=O) groups is 1. The molecule has 10 rings (SSSR count). The first-order chi connectivity index (χ1) is 22.7. The molecule has 6 heterocycles. The average Bonchev–Trinajstić information content (AvgIpc) is 3.65. The molecule has 3 atom stereocenters. The van der Waals surface area contributed by atoms with E-state index in [1.165, 1.54) is 11.1 Å². The molecule has 11 nitrogen and oxygen atoms in total. The molecule has 2 aromatic heterocycles. The highest BCUT2D eigenvalue weighted by atomic mass is 19.1. The number of amides is 1. The summed E-state index contributed by atoms with van der Waals surface area (Å²) in [6, 6.07) is 8.55. The Morgan fingerprint density at radius 3 is 2.89 bits per heavy atom. The van der Waals surface area contributed by atoms with Gasteiger partial charge in [0.15, 0.2) is 5.69 Å². The molecule has 2 N–H and O–H groups in total. The lowest BCUT2D eigenvalue weighted by Crippen LogP contribution is -2.52. The minimum absolute atomic E-state index is 0.111. The minimum atomic E-state index is -0.827. The van der Waals surface area contributed by atoms with Crippen molar-refractivity contribution in [3.05, 3.63) is 58.0 Å². The molecule has 1 unspecified atom stereocenters. The van der Waals surface area contributed by atoms with Gasteiger partial charge in [0.05, 0.1) is 30.1 Å². The molecule has 12 heteroatoms. The highest BCUT2D eigenvalue weighted by Gasteiger charge is 2.57. The highest BCUT2D eigenvalue weighted by molar-refractivity contribution is 5.92. The summed E-state index contributed by atoms with van der Waals surface area (Å²) in [7, 11) is 3.49. The van der Waals surface area contributed by atoms with Crippen molar-refractivity contribution < 1.29 is 18.7 Å². The molecule has 248 valence electrons. The summed E-state index contributed by atoms with van der Waals surface area (Å²) in [6.07, 6.45) is 5.33. The van der Waals surface area contributed by atoms with E-state index < -0.39 is 11.8 Å². The van der Waals surface area contributed by atoms with E-state index in [2.05, 4.69) is 27.0 Å². The number of nitrogen functional groups attached to an aromatic ring is 1. The van der Waals surface area contributed by atoms with E-state index in [-0.39, 0.29) is 11.4 Å². The maximum Gasteiger partial charge on any atom is 0.318 e. The fourth-order valence-corrected chi connectivity index (χ4v) is 9.44. The Morgan fingerprint density at radius 2 is 2.04 bits per heavy atom. The van der Waals surface area contributed by atoms with Crippen LogP contribution in [0.25, 0.3) is 0 Å². The van der Waals surface area contributed by atoms with Gasteiger partial charge in [-0.3, -0.25) is 14.4 Å². The van der Waals surface area contributed by atoms with Crippen LogP contribution in [0.3, 0.4) is 0 Å². The van der Waals surface area contributed by atoms with Crippen LogP contribution in [-0.4, -0.2) is 87.5 Å². The van der Waals surface area contributed by atoms with Crippen molar-refractivity contribution in [1.29, 1.82) is 0 Å². The second kappa shape index (κ2) is 10.6. The van der Waals surface area contributed by atoms with Crippen LogP contribution in [0.5, 0.6) is 6.01 Å². The number of aryl methyl sites for hydroxylation is 1. The van der Waals surface area contributed by atoms with Crippen molar-refractivity contribution in [2.45, 2.75) is 87.9 Å². The Morgan fingerprint density at radius 1 is 1.17 bits per heavy atom. The zero-order valence-corrected chi connectivity index (χ0v) is 27.3. The van der Waals surface area contributed by atoms with Gasteiger partial charge < -0.3 is 25.0 Å². The minimum Gasteiger partial charge on any atom is -0.461 e. The van der Waals surface area contributed by atoms with Gasteiger partial charge in [-0.2, -0.15) is 15.1 Å². The van der Waals surface area contributed by atoms with Gasteiger partial charge >= 0.3 is 6.01 Å². The predicted octanol–water partition coefficient (Wildman–Crippen LogP) is 3.80. The first-order valence-electron chi connectivity index (χ1n) is 17.2. The Labute approximate surface area is 274 Å². The molecular weight excluding hydrogens is 599 g/mol. The van der Waals surface area contributed by atoms with Crippen molar-refractivity contribution in [1.82, 2.24) is 29.5 Å². The predicted molar refractivity (Wildman–Crippen MR) is 173 cm³/mol. The third-order valence-corrected chi connectivity index (χ3v) is 11.9. The maximum absolute atomic E-state index is 14.6. The first kappa shape index (κ1) is 29.4. The van der Waals surface area contributed by atoms with E-state index in [1.807, 2.05) is 16.8 Å². The molecule has 7 aliphatic rings. The van der Waals surface area contributed by atoms with E-state index in [1.54, 1.807) is 19.0 Å². The van der Waals surface area contributed by atoms with Gasteiger partial charge in [0, 0.05) is 57.8 Å². The standard InChI is InChI=1S/C35H43FN8O3/c1-41(2)32(45)29-14-25-18-42(8-4-10-44(25)40-29)31-27-19-47-35(22-11-21(12-22)26-6-5-24(37)13-28(26)35)16-30(27)38-33(39-31)46-20-34-7-3-9-43(34)17-23(36)15-34/h5-6,13-14,21-23H,3-4,7-12,15-20,37H2,1-2H3/t21?,22?,23-,34+,35?/m1/s1. The highest BCUT2D eigenvalue weighted by Crippen LogP contribution is 2.62. The zero-order valence-electron chi connectivity index (χ0n) is 27.3. The smallest absolute Gasteiger partial charge is 0.318 e. The van der Waals surface area contributed by atoms with E-state index in [9.17, 15) is 9.18 Å². The molecule has 3 aromatic rings. The molecule has 47 heavy (non-hydrogen) atoms. The molecule has 3 fully saturated rings. The normalized spacial score (nSPS) is 30.6. The summed E-state index contributed by atoms with van der Waals surface area (Å²) >= 11 is 0. The van der Waals surface area contributed by atoms with Crippen LogP contribution in [0.1, 0.15) is 83.0 Å². The number of nitrogens with zero attached hydrogens (tertiary/aromatic N) is 7. The van der Waals surface area contributed by atoms with Crippen LogP contribution >= 0.6 is 0 Å². The molecule has 1 saturated carbocycles. The molecule has 0 radical (unpaired) electrons. The lowest BCUT2D eigenvalue weighted by Gasteiger charge is -2.56. The van der Waals surface area contributed by atoms with E-state index in [4.69, 9.17) is 25.2 Å². The van der Waals surface area contributed by atoms with Gasteiger partial charge in [0.2, 0.25) is 0 Å². The summed E-state index contributed by atoms with van der Waals surface area (Å²) in [5, 5.41) is 4.64. The average molecular weight is 643 g/mol. The molecule has 1 aromatic carbocycles. The van der Waals surface area contributed by atoms with E-state index in [0.29, 0.717) is 69.2 Å². The van der Waals surface area contributed by atoms with Crippen LogP contribution in [-0.2, 0) is 36.5 Å². The van der Waals surface area contributed by atoms with Crippen molar-refractivity contribution in [3.63, 3.8) is 0 Å². The summed E-state index contributed by atoms with van der Waals surface area (Å²) < 4.78 is 30.1. The third kappa shape index (κ3) is 4.57. The number of nitrogens with two attached hydrogens (primary N) is 1. The maximum atomic E-state index is 14.6. The van der Waals surface area contributed by atoms with Crippen LogP contribution in [0, 0.1) is 5.92 Å². The lowest BCUT2D eigenvalue weighted by molar-refractivity contribution is -0.150. The number of fused-ring (bicyclic) bond motifs is 3. The van der Waals surface area contributed by atoms with Crippen LogP contribution in [0.4, 0.5) is 15.9 Å². The number of ether oxygens (including phenoxy) is 2. The van der Waals surface area contributed by atoms with Gasteiger partial charge in [0.25, 0.3) is 5.91 Å². The number of anilines is 2.